The van der Waals surface area contributed by atoms with Crippen LogP contribution in [0.1, 0.15) is 12.0 Å². The van der Waals surface area contributed by atoms with Crippen molar-refractivity contribution in [2.75, 3.05) is 31.2 Å². The highest BCUT2D eigenvalue weighted by Gasteiger charge is 2.35. The number of rotatable bonds is 5. The van der Waals surface area contributed by atoms with E-state index in [1.807, 2.05) is 60.7 Å². The Balaban J connectivity index is 1.20. The zero-order chi connectivity index (χ0) is 21.2. The van der Waals surface area contributed by atoms with Crippen LogP contribution < -0.4 is 19.7 Å². The van der Waals surface area contributed by atoms with Gasteiger partial charge in [-0.05, 0) is 35.6 Å². The fraction of sp³-hybridized carbons (Fsp3) is 0.280. The average molecular weight is 416 g/mol. The van der Waals surface area contributed by atoms with Crippen molar-refractivity contribution in [3.63, 3.8) is 0 Å². The number of hydrogen-bond acceptors (Lipinski definition) is 4. The highest BCUT2D eigenvalue weighted by atomic mass is 16.6. The molecule has 1 fully saturated rings. The summed E-state index contributed by atoms with van der Waals surface area (Å²) < 4.78 is 11.2. The van der Waals surface area contributed by atoms with Gasteiger partial charge in [0.2, 0.25) is 11.8 Å². The molecule has 0 bridgehead atoms. The third-order valence-corrected chi connectivity index (χ3v) is 5.87. The summed E-state index contributed by atoms with van der Waals surface area (Å²) in [5.74, 6) is 1.09. The van der Waals surface area contributed by atoms with Gasteiger partial charge in [-0.25, -0.2) is 0 Å². The molecule has 158 valence electrons. The maximum Gasteiger partial charge on any atom is 0.227 e. The van der Waals surface area contributed by atoms with Gasteiger partial charge in [0.1, 0.15) is 13.2 Å². The monoisotopic (exact) mass is 416 g/mol. The molecule has 2 aliphatic heterocycles. The Morgan fingerprint density at radius 2 is 1.81 bits per heavy atom. The van der Waals surface area contributed by atoms with Crippen LogP contribution in [0, 0.1) is 5.92 Å². The number of hydrogen-bond donors (Lipinski definition) is 1. The van der Waals surface area contributed by atoms with Crippen molar-refractivity contribution >= 4 is 28.3 Å². The van der Waals surface area contributed by atoms with E-state index in [2.05, 4.69) is 5.32 Å². The van der Waals surface area contributed by atoms with Crippen LogP contribution in [0.2, 0.25) is 0 Å². The molecule has 1 N–H and O–H groups in total. The van der Waals surface area contributed by atoms with Gasteiger partial charge < -0.3 is 19.7 Å². The van der Waals surface area contributed by atoms with E-state index < -0.39 is 0 Å². The van der Waals surface area contributed by atoms with E-state index >= 15 is 0 Å². The summed E-state index contributed by atoms with van der Waals surface area (Å²) in [5.41, 5.74) is 1.94. The van der Waals surface area contributed by atoms with Crippen LogP contribution in [0.5, 0.6) is 11.5 Å². The van der Waals surface area contributed by atoms with Crippen LogP contribution in [0.4, 0.5) is 5.69 Å². The molecule has 0 saturated carbocycles. The van der Waals surface area contributed by atoms with Crippen molar-refractivity contribution in [3.8, 4) is 11.5 Å². The van der Waals surface area contributed by atoms with Crippen LogP contribution in [-0.4, -0.2) is 38.1 Å². The number of benzene rings is 3. The third kappa shape index (κ3) is 3.93. The van der Waals surface area contributed by atoms with Crippen molar-refractivity contribution in [3.05, 3.63) is 66.2 Å². The van der Waals surface area contributed by atoms with Crippen molar-refractivity contribution in [2.45, 2.75) is 12.8 Å². The van der Waals surface area contributed by atoms with Crippen molar-refractivity contribution < 1.29 is 19.1 Å². The smallest absolute Gasteiger partial charge is 0.227 e. The van der Waals surface area contributed by atoms with Gasteiger partial charge >= 0.3 is 0 Å². The molecular weight excluding hydrogens is 392 g/mol. The zero-order valence-electron chi connectivity index (χ0n) is 17.2. The molecule has 0 aromatic heterocycles. The maximum atomic E-state index is 12.7. The second kappa shape index (κ2) is 8.30. The summed E-state index contributed by atoms with van der Waals surface area (Å²) in [7, 11) is 0. The molecule has 31 heavy (non-hydrogen) atoms. The number of carbonyl (C=O) groups excluding carboxylic acids is 2. The standard InChI is InChI=1S/C25H24N2O4/c28-24-15-19(16-27(24)21-7-3-5-18-4-1-2-6-20(18)21)25(29)26-11-10-17-8-9-22-23(14-17)31-13-12-30-22/h1-9,14,19H,10-13,15-16H2,(H,26,29). The lowest BCUT2D eigenvalue weighted by molar-refractivity contribution is -0.126. The highest BCUT2D eigenvalue weighted by Crippen LogP contribution is 2.32. The summed E-state index contributed by atoms with van der Waals surface area (Å²) in [5, 5.41) is 5.10. The summed E-state index contributed by atoms with van der Waals surface area (Å²) in [6, 6.07) is 19.8. The van der Waals surface area contributed by atoms with E-state index in [1.165, 1.54) is 0 Å². The Bertz CT molecular complexity index is 1140. The summed E-state index contributed by atoms with van der Waals surface area (Å²) in [4.78, 5) is 27.1. The Morgan fingerprint density at radius 3 is 2.71 bits per heavy atom. The largest absolute Gasteiger partial charge is 0.486 e. The Labute approximate surface area is 180 Å². The van der Waals surface area contributed by atoms with Gasteiger partial charge in [0, 0.05) is 24.9 Å². The van der Waals surface area contributed by atoms with Crippen molar-refractivity contribution in [2.24, 2.45) is 5.92 Å². The van der Waals surface area contributed by atoms with Gasteiger partial charge in [-0.3, -0.25) is 9.59 Å². The molecule has 3 aromatic rings. The van der Waals surface area contributed by atoms with Gasteiger partial charge in [0.25, 0.3) is 0 Å². The molecule has 2 amide bonds. The van der Waals surface area contributed by atoms with E-state index in [4.69, 9.17) is 9.47 Å². The number of nitrogens with zero attached hydrogens (tertiary/aromatic N) is 1. The van der Waals surface area contributed by atoms with Crippen LogP contribution in [-0.2, 0) is 16.0 Å². The molecule has 6 nitrogen and oxygen atoms in total. The van der Waals surface area contributed by atoms with Crippen LogP contribution in [0.15, 0.2) is 60.7 Å². The number of ether oxygens (including phenoxy) is 2. The molecule has 3 aromatic carbocycles. The number of nitrogens with one attached hydrogen (secondary N) is 1. The van der Waals surface area contributed by atoms with E-state index in [0.29, 0.717) is 32.7 Å². The lowest BCUT2D eigenvalue weighted by Crippen LogP contribution is -2.34. The van der Waals surface area contributed by atoms with Crippen molar-refractivity contribution in [1.29, 1.82) is 0 Å². The van der Waals surface area contributed by atoms with Gasteiger partial charge in [-0.2, -0.15) is 0 Å². The number of amides is 2. The molecule has 6 heteroatoms. The second-order valence-electron chi connectivity index (χ2n) is 7.92. The molecule has 1 saturated heterocycles. The fourth-order valence-electron chi connectivity index (χ4n) is 4.28. The molecule has 1 atom stereocenters. The molecule has 0 radical (unpaired) electrons. The average Bonchev–Trinajstić information content (AvgIpc) is 3.20. The number of carbonyl (C=O) groups is 2. The maximum absolute atomic E-state index is 12.7. The molecule has 0 aliphatic carbocycles. The lowest BCUT2D eigenvalue weighted by atomic mass is 10.1. The Kier molecular flexibility index (Phi) is 5.20. The van der Waals surface area contributed by atoms with Gasteiger partial charge in [-0.1, -0.05) is 42.5 Å². The van der Waals surface area contributed by atoms with Gasteiger partial charge in [-0.15, -0.1) is 0 Å². The van der Waals surface area contributed by atoms with E-state index in [-0.39, 0.29) is 24.2 Å². The minimum absolute atomic E-state index is 0.0108. The normalized spacial score (nSPS) is 17.7. The highest BCUT2D eigenvalue weighted by molar-refractivity contribution is 6.06. The molecular formula is C25H24N2O4. The number of fused-ring (bicyclic) bond motifs is 2. The quantitative estimate of drug-likeness (QED) is 0.693. The van der Waals surface area contributed by atoms with Crippen LogP contribution in [0.25, 0.3) is 10.8 Å². The minimum Gasteiger partial charge on any atom is -0.486 e. The summed E-state index contributed by atoms with van der Waals surface area (Å²) in [6.07, 6.45) is 0.926. The van der Waals surface area contributed by atoms with Crippen molar-refractivity contribution in [1.82, 2.24) is 5.32 Å². The van der Waals surface area contributed by atoms with E-state index in [9.17, 15) is 9.59 Å². The topological polar surface area (TPSA) is 67.9 Å². The molecule has 5 rings (SSSR count). The predicted octanol–water partition coefficient (Wildman–Crippen LogP) is 3.32. The zero-order valence-corrected chi connectivity index (χ0v) is 17.2. The minimum atomic E-state index is -0.341. The SMILES string of the molecule is O=C(NCCc1ccc2c(c1)OCCO2)C1CC(=O)N(c2cccc3ccccc23)C1. The van der Waals surface area contributed by atoms with E-state index in [1.54, 1.807) is 4.90 Å². The molecule has 2 aliphatic rings. The van der Waals surface area contributed by atoms with E-state index in [0.717, 1.165) is 33.5 Å². The molecule has 0 spiro atoms. The first-order valence-electron chi connectivity index (χ1n) is 10.6. The lowest BCUT2D eigenvalue weighted by Gasteiger charge is -2.19. The summed E-state index contributed by atoms with van der Waals surface area (Å²) in [6.45, 7) is 2.04. The Morgan fingerprint density at radius 1 is 1.00 bits per heavy atom. The second-order valence-corrected chi connectivity index (χ2v) is 7.92. The molecule has 2 heterocycles. The molecule has 1 unspecified atom stereocenters. The fourth-order valence-corrected chi connectivity index (χ4v) is 4.28. The predicted molar refractivity (Wildman–Crippen MR) is 119 cm³/mol. The van der Waals surface area contributed by atoms with Gasteiger partial charge in [0.15, 0.2) is 11.5 Å². The first-order valence-corrected chi connectivity index (χ1v) is 10.6. The Hall–Kier alpha value is -3.54. The summed E-state index contributed by atoms with van der Waals surface area (Å²) >= 11 is 0. The van der Waals surface area contributed by atoms with Crippen LogP contribution in [0.3, 0.4) is 0 Å². The first kappa shape index (κ1) is 19.4. The van der Waals surface area contributed by atoms with Gasteiger partial charge in [0.05, 0.1) is 11.6 Å². The first-order chi connectivity index (χ1) is 15.2. The number of anilines is 1. The van der Waals surface area contributed by atoms with Crippen LogP contribution >= 0.6 is 0 Å². The third-order valence-electron chi connectivity index (χ3n) is 5.87.